The smallest absolute Gasteiger partial charge is 0.255 e. The number of nitrogens with one attached hydrogen (secondary N) is 1. The van der Waals surface area contributed by atoms with E-state index in [9.17, 15) is 4.79 Å². The number of anilines is 1. The highest BCUT2D eigenvalue weighted by molar-refractivity contribution is 9.10. The summed E-state index contributed by atoms with van der Waals surface area (Å²) in [7, 11) is 0. The van der Waals surface area contributed by atoms with Crippen molar-refractivity contribution in [2.75, 3.05) is 5.32 Å². The van der Waals surface area contributed by atoms with Gasteiger partial charge in [-0.25, -0.2) is 0 Å². The lowest BCUT2D eigenvalue weighted by Crippen LogP contribution is -2.14. The van der Waals surface area contributed by atoms with Gasteiger partial charge in [0.1, 0.15) is 0 Å². The van der Waals surface area contributed by atoms with E-state index >= 15 is 0 Å². The van der Waals surface area contributed by atoms with E-state index in [2.05, 4.69) is 21.2 Å². The van der Waals surface area contributed by atoms with Crippen LogP contribution in [0.1, 0.15) is 21.5 Å². The van der Waals surface area contributed by atoms with Crippen LogP contribution in [0.5, 0.6) is 0 Å². The zero-order valence-electron chi connectivity index (χ0n) is 10.6. The molecule has 1 amide bonds. The van der Waals surface area contributed by atoms with Crippen molar-refractivity contribution < 1.29 is 4.79 Å². The molecule has 0 unspecified atom stereocenters. The Bertz CT molecular complexity index is 640. The minimum atomic E-state index is -0.152. The molecule has 0 radical (unpaired) electrons. The van der Waals surface area contributed by atoms with Gasteiger partial charge in [0.05, 0.1) is 0 Å². The third-order valence-corrected chi connectivity index (χ3v) is 4.30. The van der Waals surface area contributed by atoms with Crippen molar-refractivity contribution in [3.05, 3.63) is 62.6 Å². The van der Waals surface area contributed by atoms with Crippen LogP contribution in [0.25, 0.3) is 0 Å². The molecule has 4 heteroatoms. The minimum absolute atomic E-state index is 0.152. The Hall–Kier alpha value is -1.32. The molecule has 0 aromatic heterocycles. The molecule has 0 heterocycles. The van der Waals surface area contributed by atoms with Crippen molar-refractivity contribution in [2.45, 2.75) is 13.8 Å². The predicted molar refractivity (Wildman–Crippen MR) is 83.0 cm³/mol. The second-order valence-electron chi connectivity index (χ2n) is 4.28. The third kappa shape index (κ3) is 2.99. The second kappa shape index (κ2) is 5.76. The average molecular weight is 339 g/mol. The first-order chi connectivity index (χ1) is 9.00. The summed E-state index contributed by atoms with van der Waals surface area (Å²) in [5.41, 5.74) is 3.16. The first kappa shape index (κ1) is 14.1. The van der Waals surface area contributed by atoms with Gasteiger partial charge >= 0.3 is 0 Å². The number of rotatable bonds is 2. The molecule has 2 aromatic rings. The molecule has 0 saturated heterocycles. The summed E-state index contributed by atoms with van der Waals surface area (Å²) in [4.78, 5) is 12.3. The van der Waals surface area contributed by atoms with Crippen molar-refractivity contribution in [3.8, 4) is 0 Å². The molecule has 1 N–H and O–H groups in total. The number of halogens is 2. The molecule has 0 fully saturated rings. The van der Waals surface area contributed by atoms with Gasteiger partial charge in [0.15, 0.2) is 0 Å². The Morgan fingerprint density at radius 3 is 2.53 bits per heavy atom. The van der Waals surface area contributed by atoms with Crippen LogP contribution in [0, 0.1) is 13.8 Å². The Kier molecular flexibility index (Phi) is 4.27. The highest BCUT2D eigenvalue weighted by Crippen LogP contribution is 2.25. The fraction of sp³-hybridized carbons (Fsp3) is 0.133. The lowest BCUT2D eigenvalue weighted by Gasteiger charge is -2.11. The van der Waals surface area contributed by atoms with Crippen LogP contribution >= 0.6 is 27.5 Å². The molecule has 0 aliphatic rings. The fourth-order valence-corrected chi connectivity index (χ4v) is 2.33. The Morgan fingerprint density at radius 1 is 1.11 bits per heavy atom. The molecular formula is C15H13BrClNO. The number of benzene rings is 2. The zero-order valence-corrected chi connectivity index (χ0v) is 13.0. The van der Waals surface area contributed by atoms with Crippen molar-refractivity contribution in [3.63, 3.8) is 0 Å². The zero-order chi connectivity index (χ0) is 14.0. The number of carbonyl (C=O) groups excluding carboxylic acids is 1. The summed E-state index contributed by atoms with van der Waals surface area (Å²) in [6.45, 7) is 3.79. The molecule has 98 valence electrons. The van der Waals surface area contributed by atoms with E-state index in [-0.39, 0.29) is 5.91 Å². The van der Waals surface area contributed by atoms with Gasteiger partial charge in [-0.1, -0.05) is 39.7 Å². The standard InChI is InChI=1S/C15H13BrClNO/c1-9-11(5-3-7-13(9)17)15(19)18-14-8-4-6-12(16)10(14)2/h3-8H,1-2H3,(H,18,19). The van der Waals surface area contributed by atoms with E-state index in [0.29, 0.717) is 10.6 Å². The number of hydrogen-bond acceptors (Lipinski definition) is 1. The Balaban J connectivity index is 2.31. The molecule has 0 bridgehead atoms. The van der Waals surface area contributed by atoms with E-state index < -0.39 is 0 Å². The average Bonchev–Trinajstić information content (AvgIpc) is 2.38. The van der Waals surface area contributed by atoms with Crippen LogP contribution in [0.3, 0.4) is 0 Å². The van der Waals surface area contributed by atoms with E-state index in [1.807, 2.05) is 32.0 Å². The number of carbonyl (C=O) groups is 1. The van der Waals surface area contributed by atoms with E-state index in [1.165, 1.54) is 0 Å². The molecule has 19 heavy (non-hydrogen) atoms. The summed E-state index contributed by atoms with van der Waals surface area (Å²) in [6.07, 6.45) is 0. The summed E-state index contributed by atoms with van der Waals surface area (Å²) in [5.74, 6) is -0.152. The van der Waals surface area contributed by atoms with Crippen LogP contribution in [0.15, 0.2) is 40.9 Å². The highest BCUT2D eigenvalue weighted by Gasteiger charge is 2.12. The molecule has 2 aromatic carbocycles. The molecule has 2 rings (SSSR count). The molecule has 0 aliphatic carbocycles. The number of amides is 1. The monoisotopic (exact) mass is 337 g/mol. The molecule has 0 atom stereocenters. The van der Waals surface area contributed by atoms with Gasteiger partial charge in [-0.2, -0.15) is 0 Å². The van der Waals surface area contributed by atoms with Crippen molar-refractivity contribution in [1.29, 1.82) is 0 Å². The summed E-state index contributed by atoms with van der Waals surface area (Å²) >= 11 is 9.48. The van der Waals surface area contributed by atoms with Gasteiger partial charge in [-0.15, -0.1) is 0 Å². The fourth-order valence-electron chi connectivity index (χ4n) is 1.79. The van der Waals surface area contributed by atoms with Gasteiger partial charge in [-0.3, -0.25) is 4.79 Å². The summed E-state index contributed by atoms with van der Waals surface area (Å²) < 4.78 is 0.966. The van der Waals surface area contributed by atoms with Gasteiger partial charge in [0.2, 0.25) is 0 Å². The van der Waals surface area contributed by atoms with Crippen LogP contribution in [-0.4, -0.2) is 5.91 Å². The SMILES string of the molecule is Cc1c(Br)cccc1NC(=O)c1cccc(Cl)c1C. The minimum Gasteiger partial charge on any atom is -0.322 e. The van der Waals surface area contributed by atoms with Gasteiger partial charge in [0, 0.05) is 20.7 Å². The van der Waals surface area contributed by atoms with Crippen molar-refractivity contribution >= 4 is 39.1 Å². The molecule has 0 spiro atoms. The van der Waals surface area contributed by atoms with Crippen molar-refractivity contribution in [1.82, 2.24) is 0 Å². The molecule has 0 saturated carbocycles. The third-order valence-electron chi connectivity index (χ3n) is 3.03. The quantitative estimate of drug-likeness (QED) is 0.823. The highest BCUT2D eigenvalue weighted by atomic mass is 79.9. The first-order valence-corrected chi connectivity index (χ1v) is 6.99. The lowest BCUT2D eigenvalue weighted by molar-refractivity contribution is 0.102. The van der Waals surface area contributed by atoms with Crippen LogP contribution < -0.4 is 5.32 Å². The maximum atomic E-state index is 12.3. The first-order valence-electron chi connectivity index (χ1n) is 5.82. The Labute approximate surface area is 125 Å². The Morgan fingerprint density at radius 2 is 1.79 bits per heavy atom. The van der Waals surface area contributed by atoms with Crippen molar-refractivity contribution in [2.24, 2.45) is 0 Å². The van der Waals surface area contributed by atoms with E-state index in [1.54, 1.807) is 18.2 Å². The molecular weight excluding hydrogens is 326 g/mol. The van der Waals surface area contributed by atoms with Gasteiger partial charge in [0.25, 0.3) is 5.91 Å². The second-order valence-corrected chi connectivity index (χ2v) is 5.54. The van der Waals surface area contributed by atoms with Crippen LogP contribution in [-0.2, 0) is 0 Å². The van der Waals surface area contributed by atoms with Gasteiger partial charge in [-0.05, 0) is 49.2 Å². The van der Waals surface area contributed by atoms with E-state index in [0.717, 1.165) is 21.3 Å². The van der Waals surface area contributed by atoms with Gasteiger partial charge < -0.3 is 5.32 Å². The largest absolute Gasteiger partial charge is 0.322 e. The summed E-state index contributed by atoms with van der Waals surface area (Å²) in [5, 5.41) is 3.50. The molecule has 0 aliphatic heterocycles. The van der Waals surface area contributed by atoms with Crippen LogP contribution in [0.2, 0.25) is 5.02 Å². The van der Waals surface area contributed by atoms with Crippen LogP contribution in [0.4, 0.5) is 5.69 Å². The predicted octanol–water partition coefficient (Wildman–Crippen LogP) is 4.97. The number of hydrogen-bond donors (Lipinski definition) is 1. The lowest BCUT2D eigenvalue weighted by atomic mass is 10.1. The summed E-state index contributed by atoms with van der Waals surface area (Å²) in [6, 6.07) is 11.0. The maximum absolute atomic E-state index is 12.3. The maximum Gasteiger partial charge on any atom is 0.255 e. The normalized spacial score (nSPS) is 10.3. The topological polar surface area (TPSA) is 29.1 Å². The molecule has 2 nitrogen and oxygen atoms in total. The van der Waals surface area contributed by atoms with E-state index in [4.69, 9.17) is 11.6 Å².